The number of ether oxygens (including phenoxy) is 3. The van der Waals surface area contributed by atoms with E-state index in [2.05, 4.69) is 4.98 Å². The van der Waals surface area contributed by atoms with E-state index in [1.807, 2.05) is 24.3 Å². The summed E-state index contributed by atoms with van der Waals surface area (Å²) in [4.78, 5) is 15.8. The number of hydrogen-bond acceptors (Lipinski definition) is 5. The van der Waals surface area contributed by atoms with Gasteiger partial charge in [-0.05, 0) is 29.3 Å². The highest BCUT2D eigenvalue weighted by Gasteiger charge is 2.17. The fourth-order valence-corrected chi connectivity index (χ4v) is 1.96. The Kier molecular flexibility index (Phi) is 5.29. The minimum absolute atomic E-state index is 0.296. The number of pyridine rings is 1. The van der Waals surface area contributed by atoms with Crippen molar-refractivity contribution in [3.05, 3.63) is 59.4 Å². The van der Waals surface area contributed by atoms with Crippen molar-refractivity contribution in [1.29, 1.82) is 0 Å². The molecule has 0 bridgehead atoms. The summed E-state index contributed by atoms with van der Waals surface area (Å²) >= 11 is 0. The minimum atomic E-state index is -0.435. The molecule has 5 nitrogen and oxygen atoms in total. The number of carbonyl (C=O) groups excluding carboxylic acids is 1. The molecule has 21 heavy (non-hydrogen) atoms. The molecule has 0 atom stereocenters. The second kappa shape index (κ2) is 7.40. The maximum atomic E-state index is 11.9. The Balaban J connectivity index is 2.10. The lowest BCUT2D eigenvalue weighted by molar-refractivity contribution is 0.0586. The predicted molar refractivity (Wildman–Crippen MR) is 77.1 cm³/mol. The highest BCUT2D eigenvalue weighted by molar-refractivity contribution is 5.94. The highest BCUT2D eigenvalue weighted by Crippen LogP contribution is 2.24. The van der Waals surface area contributed by atoms with Crippen LogP contribution in [0, 0.1) is 0 Å². The van der Waals surface area contributed by atoms with Gasteiger partial charge in [0.2, 0.25) is 0 Å². The largest absolute Gasteiger partial charge is 0.496 e. The summed E-state index contributed by atoms with van der Waals surface area (Å²) in [6.45, 7) is 0.740. The van der Waals surface area contributed by atoms with Crippen LogP contribution in [0.2, 0.25) is 0 Å². The highest BCUT2D eigenvalue weighted by atomic mass is 16.5. The zero-order chi connectivity index (χ0) is 15.1. The molecule has 2 rings (SSSR count). The quantitative estimate of drug-likeness (QED) is 0.764. The van der Waals surface area contributed by atoms with Crippen LogP contribution in [0.25, 0.3) is 0 Å². The summed E-state index contributed by atoms with van der Waals surface area (Å²) in [5, 5.41) is 0. The Hall–Kier alpha value is -2.40. The lowest BCUT2D eigenvalue weighted by atomic mass is 10.1. The number of carbonyl (C=O) groups is 1. The Morgan fingerprint density at radius 1 is 1.10 bits per heavy atom. The molecule has 0 radical (unpaired) electrons. The lowest BCUT2D eigenvalue weighted by Crippen LogP contribution is -2.09. The summed E-state index contributed by atoms with van der Waals surface area (Å²) in [5.74, 6) is 0.0434. The van der Waals surface area contributed by atoms with Gasteiger partial charge in [-0.1, -0.05) is 12.1 Å². The second-order valence-corrected chi connectivity index (χ2v) is 4.33. The first kappa shape index (κ1) is 15.0. The zero-order valence-corrected chi connectivity index (χ0v) is 12.0. The lowest BCUT2D eigenvalue weighted by Gasteiger charge is -2.12. The summed E-state index contributed by atoms with van der Waals surface area (Å²) < 4.78 is 15.7. The molecular weight excluding hydrogens is 270 g/mol. The summed E-state index contributed by atoms with van der Waals surface area (Å²) in [5.41, 5.74) is 2.15. The maximum Gasteiger partial charge on any atom is 0.342 e. The van der Waals surface area contributed by atoms with Crippen molar-refractivity contribution in [3.8, 4) is 5.75 Å². The molecule has 0 aliphatic rings. The van der Waals surface area contributed by atoms with Crippen LogP contribution in [0.15, 0.2) is 42.7 Å². The van der Waals surface area contributed by atoms with Crippen molar-refractivity contribution < 1.29 is 19.0 Å². The predicted octanol–water partition coefficient (Wildman–Crippen LogP) is 2.59. The molecule has 0 fully saturated rings. The van der Waals surface area contributed by atoms with Crippen LogP contribution in [0.3, 0.4) is 0 Å². The van der Waals surface area contributed by atoms with Crippen LogP contribution >= 0.6 is 0 Å². The average Bonchev–Trinajstić information content (AvgIpc) is 2.54. The molecule has 110 valence electrons. The van der Waals surface area contributed by atoms with Crippen molar-refractivity contribution in [2.45, 2.75) is 13.2 Å². The molecule has 0 unspecified atom stereocenters. The van der Waals surface area contributed by atoms with E-state index in [1.165, 1.54) is 14.2 Å². The molecular formula is C16H17NO4. The van der Waals surface area contributed by atoms with Gasteiger partial charge in [-0.15, -0.1) is 0 Å². The van der Waals surface area contributed by atoms with Crippen molar-refractivity contribution in [3.63, 3.8) is 0 Å². The van der Waals surface area contributed by atoms with Gasteiger partial charge in [-0.3, -0.25) is 4.98 Å². The van der Waals surface area contributed by atoms with Gasteiger partial charge in [0.25, 0.3) is 0 Å². The van der Waals surface area contributed by atoms with Crippen molar-refractivity contribution in [2.24, 2.45) is 0 Å². The monoisotopic (exact) mass is 287 g/mol. The molecule has 0 N–H and O–H groups in total. The van der Waals surface area contributed by atoms with Crippen molar-refractivity contribution >= 4 is 5.97 Å². The summed E-state index contributed by atoms with van der Waals surface area (Å²) in [6.07, 6.45) is 3.42. The van der Waals surface area contributed by atoms with Gasteiger partial charge in [0.05, 0.1) is 27.4 Å². The normalized spacial score (nSPS) is 10.2. The molecule has 5 heteroatoms. The van der Waals surface area contributed by atoms with Gasteiger partial charge in [-0.2, -0.15) is 0 Å². The molecule has 0 amide bonds. The number of esters is 1. The number of benzene rings is 1. The molecule has 0 aliphatic heterocycles. The van der Waals surface area contributed by atoms with Gasteiger partial charge >= 0.3 is 5.97 Å². The van der Waals surface area contributed by atoms with E-state index in [4.69, 9.17) is 14.2 Å². The Bertz CT molecular complexity index is 598. The fraction of sp³-hybridized carbons (Fsp3) is 0.250. The average molecular weight is 287 g/mol. The number of aromatic nitrogens is 1. The number of hydrogen-bond donors (Lipinski definition) is 0. The smallest absolute Gasteiger partial charge is 0.342 e. The molecule has 0 aliphatic carbocycles. The number of nitrogens with zero attached hydrogens (tertiary/aromatic N) is 1. The van der Waals surface area contributed by atoms with E-state index in [9.17, 15) is 4.79 Å². The van der Waals surface area contributed by atoms with E-state index >= 15 is 0 Å². The Labute approximate surface area is 123 Å². The van der Waals surface area contributed by atoms with E-state index in [0.29, 0.717) is 24.5 Å². The third-order valence-corrected chi connectivity index (χ3v) is 3.00. The van der Waals surface area contributed by atoms with Crippen LogP contribution in [-0.2, 0) is 22.7 Å². The molecule has 0 saturated carbocycles. The maximum absolute atomic E-state index is 11.9. The third-order valence-electron chi connectivity index (χ3n) is 3.00. The van der Waals surface area contributed by atoms with Crippen LogP contribution in [0.4, 0.5) is 0 Å². The first-order valence-corrected chi connectivity index (χ1v) is 6.47. The SMILES string of the molecule is COC(=O)c1c(COCc2ccncc2)cccc1OC. The first-order valence-electron chi connectivity index (χ1n) is 6.47. The number of rotatable bonds is 6. The Morgan fingerprint density at radius 3 is 2.52 bits per heavy atom. The standard InChI is InChI=1S/C16H17NO4/c1-19-14-5-3-4-13(15(14)16(18)20-2)11-21-10-12-6-8-17-9-7-12/h3-9H,10-11H2,1-2H3. The molecule has 1 heterocycles. The number of methoxy groups -OCH3 is 2. The molecule has 0 saturated heterocycles. The van der Waals surface area contributed by atoms with Crippen LogP contribution < -0.4 is 4.74 Å². The van der Waals surface area contributed by atoms with Gasteiger partial charge in [0, 0.05) is 12.4 Å². The van der Waals surface area contributed by atoms with E-state index < -0.39 is 5.97 Å². The summed E-state index contributed by atoms with van der Waals surface area (Å²) in [7, 11) is 2.86. The van der Waals surface area contributed by atoms with Gasteiger partial charge in [0.1, 0.15) is 11.3 Å². The minimum Gasteiger partial charge on any atom is -0.496 e. The Morgan fingerprint density at radius 2 is 1.86 bits per heavy atom. The topological polar surface area (TPSA) is 57.7 Å². The van der Waals surface area contributed by atoms with Crippen molar-refractivity contribution in [2.75, 3.05) is 14.2 Å². The molecule has 0 spiro atoms. The van der Waals surface area contributed by atoms with Gasteiger partial charge in [0.15, 0.2) is 0 Å². The fourth-order valence-electron chi connectivity index (χ4n) is 1.96. The van der Waals surface area contributed by atoms with Crippen LogP contribution in [0.5, 0.6) is 5.75 Å². The third kappa shape index (κ3) is 3.79. The first-order chi connectivity index (χ1) is 10.3. The van der Waals surface area contributed by atoms with E-state index in [0.717, 1.165) is 11.1 Å². The molecule has 1 aromatic heterocycles. The van der Waals surface area contributed by atoms with Gasteiger partial charge in [-0.25, -0.2) is 4.79 Å². The zero-order valence-electron chi connectivity index (χ0n) is 12.0. The van der Waals surface area contributed by atoms with E-state index in [-0.39, 0.29) is 0 Å². The molecule has 2 aromatic rings. The van der Waals surface area contributed by atoms with E-state index in [1.54, 1.807) is 18.5 Å². The van der Waals surface area contributed by atoms with Crippen LogP contribution in [0.1, 0.15) is 21.5 Å². The molecule has 1 aromatic carbocycles. The second-order valence-electron chi connectivity index (χ2n) is 4.33. The van der Waals surface area contributed by atoms with Gasteiger partial charge < -0.3 is 14.2 Å². The van der Waals surface area contributed by atoms with Crippen LogP contribution in [-0.4, -0.2) is 25.2 Å². The summed E-state index contributed by atoms with van der Waals surface area (Å²) in [6, 6.07) is 9.12. The van der Waals surface area contributed by atoms with Crippen molar-refractivity contribution in [1.82, 2.24) is 4.98 Å².